The molecule has 8 fully saturated rings. The van der Waals surface area contributed by atoms with Crippen LogP contribution in [0.3, 0.4) is 0 Å². The van der Waals surface area contributed by atoms with Crippen LogP contribution in [0.1, 0.15) is 86.5 Å². The molecule has 27 rings (SSSR count). The van der Waals surface area contributed by atoms with E-state index in [-0.39, 0.29) is 10.8 Å². The van der Waals surface area contributed by atoms with E-state index >= 15 is 0 Å². The molecular weight excluding hydrogens is 1300 g/mol. The van der Waals surface area contributed by atoms with Gasteiger partial charge < -0.3 is 0 Å². The minimum absolute atomic E-state index is 0.161. The number of benzene rings is 17. The van der Waals surface area contributed by atoms with Gasteiger partial charge in [0.2, 0.25) is 0 Å². The van der Waals surface area contributed by atoms with Crippen LogP contribution in [0.25, 0.3) is 164 Å². The minimum atomic E-state index is 0.161. The van der Waals surface area contributed by atoms with Gasteiger partial charge in [0.25, 0.3) is 0 Å². The molecule has 17 aromatic rings. The topological polar surface area (TPSA) is 0 Å². The number of hydrogen-bond donors (Lipinski definition) is 0. The molecule has 108 heavy (non-hydrogen) atoms. The average Bonchev–Trinajstić information content (AvgIpc) is 1.51. The fourth-order valence-electron chi connectivity index (χ4n) is 25.7. The molecule has 0 amide bonds. The Bertz CT molecular complexity index is 6480. The van der Waals surface area contributed by atoms with E-state index in [1.165, 1.54) is 229 Å². The zero-order valence-corrected chi connectivity index (χ0v) is 60.9. The van der Waals surface area contributed by atoms with Gasteiger partial charge in [-0.15, -0.1) is 0 Å². The molecule has 0 aromatic heterocycles. The van der Waals surface area contributed by atoms with Crippen LogP contribution in [0.15, 0.2) is 328 Å². The molecule has 8 bridgehead atoms. The summed E-state index contributed by atoms with van der Waals surface area (Å²) in [5.41, 5.74) is 28.6. The van der Waals surface area contributed by atoms with Gasteiger partial charge in [-0.3, -0.25) is 0 Å². The molecule has 0 unspecified atom stereocenters. The SMILES string of the molecule is c1ccc(-c2c3ccccc3c(-c3ccc(-c4ccc5c(c4)C4(c6ccccc6-5)C5CC6CC(C5)CC4C6)c4ccccc34)c3ccccc23)cc1.c1ccc2c(c1)-c1ccc(-c3ccc(-c4c5ccccc5c(-c5cccc6ccccc56)c5ccccc45)c4ccccc34)cc1C21C2CC3CC(C2)CC1C3. The summed E-state index contributed by atoms with van der Waals surface area (Å²) in [6.07, 6.45) is 14.2. The predicted molar refractivity (Wildman–Crippen MR) is 455 cm³/mol. The van der Waals surface area contributed by atoms with Crippen molar-refractivity contribution >= 4 is 75.4 Å². The Labute approximate surface area is 632 Å². The number of hydrogen-bond acceptors (Lipinski definition) is 0. The molecule has 8 saturated carbocycles. The average molecular weight is 1380 g/mol. The van der Waals surface area contributed by atoms with Crippen molar-refractivity contribution in [1.29, 1.82) is 0 Å². The van der Waals surface area contributed by atoms with Crippen LogP contribution in [0.5, 0.6) is 0 Å². The molecule has 0 atom stereocenters. The molecule has 0 heterocycles. The maximum Gasteiger partial charge on any atom is 0.0272 e. The summed E-state index contributed by atoms with van der Waals surface area (Å²) in [6.45, 7) is 0. The predicted octanol–water partition coefficient (Wildman–Crippen LogP) is 28.9. The largest absolute Gasteiger partial charge is 0.0622 e. The lowest BCUT2D eigenvalue weighted by Crippen LogP contribution is -2.55. The lowest BCUT2D eigenvalue weighted by atomic mass is 9.43. The number of fused-ring (bicyclic) bond motifs is 13. The van der Waals surface area contributed by atoms with E-state index in [1.54, 1.807) is 22.3 Å². The minimum Gasteiger partial charge on any atom is -0.0622 e. The Morgan fingerprint density at radius 2 is 0.435 bits per heavy atom. The van der Waals surface area contributed by atoms with E-state index in [4.69, 9.17) is 0 Å². The molecule has 0 heteroatoms. The van der Waals surface area contributed by atoms with Gasteiger partial charge in [0.05, 0.1) is 0 Å². The summed E-state index contributed by atoms with van der Waals surface area (Å²) in [6, 6.07) is 125. The highest BCUT2D eigenvalue weighted by Gasteiger charge is 2.63. The first-order chi connectivity index (χ1) is 53.5. The maximum atomic E-state index is 2.66. The van der Waals surface area contributed by atoms with Gasteiger partial charge >= 0.3 is 0 Å². The highest BCUT2D eigenvalue weighted by molar-refractivity contribution is 6.27. The summed E-state index contributed by atoms with van der Waals surface area (Å²) in [5.74, 6) is 6.81. The van der Waals surface area contributed by atoms with Gasteiger partial charge in [-0.25, -0.2) is 0 Å². The van der Waals surface area contributed by atoms with Crippen LogP contribution in [0.4, 0.5) is 0 Å². The molecule has 10 aliphatic rings. The summed E-state index contributed by atoms with van der Waals surface area (Å²) in [4.78, 5) is 0. The standard InChI is InChI=1S/C56H42.C52H40/c1-2-14-40-36(12-1)13-11-22-46(40)54-47-18-5-7-20-49(47)55(50-21-8-6-19-48(50)54)51-27-26-41(42-15-3-4-16-43(42)51)37-24-25-45-44-17-9-10-23-52(44)56(53(45)33-37)38-29-34-28-35(31-38)32-39(56)30-34;1-2-12-34(13-3-1)50-43-17-6-8-19-45(43)51(46-20-9-7-18-44(46)50)47-25-24-38(39-14-4-5-15-40(39)47)35-22-23-42-41-16-10-11-21-48(41)52(49(42)31-35)36-27-32-26-33(29-36)30-37(52)28-32/h1-27,33-35,38-39H,28-32H2;1-25,31-33,36-37H,26-30H2. The number of rotatable bonds is 6. The van der Waals surface area contributed by atoms with Crippen LogP contribution in [-0.2, 0) is 10.8 Å². The summed E-state index contributed by atoms with van der Waals surface area (Å²) >= 11 is 0. The Kier molecular flexibility index (Phi) is 13.4. The molecule has 2 spiro atoms. The molecular formula is C108H82. The van der Waals surface area contributed by atoms with Gasteiger partial charge in [0.15, 0.2) is 0 Å². The molecule has 10 aliphatic carbocycles. The Morgan fingerprint density at radius 3 is 0.833 bits per heavy atom. The quantitative estimate of drug-likeness (QED) is 0.146. The van der Waals surface area contributed by atoms with Crippen molar-refractivity contribution in [3.8, 4) is 89.0 Å². The van der Waals surface area contributed by atoms with Gasteiger partial charge in [-0.05, 0) is 310 Å². The smallest absolute Gasteiger partial charge is 0.0272 e. The maximum absolute atomic E-state index is 2.66. The van der Waals surface area contributed by atoms with Crippen molar-refractivity contribution in [2.45, 2.75) is 75.0 Å². The highest BCUT2D eigenvalue weighted by Crippen LogP contribution is 2.72. The Hall–Kier alpha value is -11.4. The van der Waals surface area contributed by atoms with Gasteiger partial charge in [0.1, 0.15) is 0 Å². The first-order valence-electron chi connectivity index (χ1n) is 40.5. The van der Waals surface area contributed by atoms with E-state index < -0.39 is 0 Å². The molecule has 0 nitrogen and oxygen atoms in total. The molecule has 0 aliphatic heterocycles. The lowest BCUT2D eigenvalue weighted by Gasteiger charge is -2.61. The van der Waals surface area contributed by atoms with Gasteiger partial charge in [-0.1, -0.05) is 315 Å². The van der Waals surface area contributed by atoms with E-state index in [0.29, 0.717) is 0 Å². The van der Waals surface area contributed by atoms with Crippen LogP contribution < -0.4 is 0 Å². The summed E-state index contributed by atoms with van der Waals surface area (Å²) < 4.78 is 0. The van der Waals surface area contributed by atoms with Crippen molar-refractivity contribution in [2.24, 2.45) is 47.3 Å². The normalized spacial score (nSPS) is 23.4. The van der Waals surface area contributed by atoms with Gasteiger partial charge in [-0.2, -0.15) is 0 Å². The van der Waals surface area contributed by atoms with Crippen molar-refractivity contribution in [3.05, 3.63) is 350 Å². The van der Waals surface area contributed by atoms with E-state index in [1.807, 2.05) is 0 Å². The van der Waals surface area contributed by atoms with Crippen LogP contribution in [0, 0.1) is 47.3 Å². The van der Waals surface area contributed by atoms with Crippen molar-refractivity contribution in [2.75, 3.05) is 0 Å². The third kappa shape index (κ3) is 8.64. The van der Waals surface area contributed by atoms with E-state index in [9.17, 15) is 0 Å². The van der Waals surface area contributed by atoms with Crippen LogP contribution in [0.2, 0.25) is 0 Å². The highest BCUT2D eigenvalue weighted by atomic mass is 14.7. The molecule has 17 aromatic carbocycles. The zero-order chi connectivity index (χ0) is 70.5. The Balaban J connectivity index is 0.000000127. The van der Waals surface area contributed by atoms with E-state index in [2.05, 4.69) is 328 Å². The van der Waals surface area contributed by atoms with Crippen molar-refractivity contribution in [3.63, 3.8) is 0 Å². The van der Waals surface area contributed by atoms with Crippen molar-refractivity contribution in [1.82, 2.24) is 0 Å². The second kappa shape index (κ2) is 23.5. The monoisotopic (exact) mass is 1380 g/mol. The zero-order valence-electron chi connectivity index (χ0n) is 60.9. The van der Waals surface area contributed by atoms with Crippen LogP contribution >= 0.6 is 0 Å². The van der Waals surface area contributed by atoms with Crippen LogP contribution in [-0.4, -0.2) is 0 Å². The summed E-state index contributed by atoms with van der Waals surface area (Å²) in [7, 11) is 0. The van der Waals surface area contributed by atoms with Crippen molar-refractivity contribution < 1.29 is 0 Å². The third-order valence-electron chi connectivity index (χ3n) is 29.1. The second-order valence-corrected chi connectivity index (χ2v) is 33.9. The summed E-state index contributed by atoms with van der Waals surface area (Å²) in [5, 5.41) is 18.2. The molecule has 0 radical (unpaired) electrons. The molecule has 0 saturated heterocycles. The second-order valence-electron chi connectivity index (χ2n) is 33.9. The third-order valence-corrected chi connectivity index (χ3v) is 29.1. The fourth-order valence-corrected chi connectivity index (χ4v) is 25.7. The molecule has 514 valence electrons. The Morgan fingerprint density at radius 1 is 0.167 bits per heavy atom. The first-order valence-corrected chi connectivity index (χ1v) is 40.5. The fraction of sp³-hybridized carbons (Fsp3) is 0.185. The van der Waals surface area contributed by atoms with Gasteiger partial charge in [0, 0.05) is 10.8 Å². The lowest BCUT2D eigenvalue weighted by molar-refractivity contribution is -0.0399. The first kappa shape index (κ1) is 61.7. The molecule has 0 N–H and O–H groups in total. The van der Waals surface area contributed by atoms with E-state index in [0.717, 1.165) is 47.3 Å².